The molecule has 0 unspecified atom stereocenters. The zero-order valence-electron chi connectivity index (χ0n) is 6.94. The number of benzene rings is 1. The molecule has 0 spiro atoms. The van der Waals surface area contributed by atoms with Gasteiger partial charge in [-0.2, -0.15) is 10.1 Å². The van der Waals surface area contributed by atoms with Gasteiger partial charge in [-0.1, -0.05) is 12.1 Å². The monoisotopic (exact) mass is 189 g/mol. The molecular formula is C9H4FN3O. The summed E-state index contributed by atoms with van der Waals surface area (Å²) in [6, 6.07) is 6.18. The van der Waals surface area contributed by atoms with E-state index in [-0.39, 0.29) is 5.56 Å². The van der Waals surface area contributed by atoms with Crippen molar-refractivity contribution in [3.05, 3.63) is 41.2 Å². The van der Waals surface area contributed by atoms with Gasteiger partial charge in [0.1, 0.15) is 5.82 Å². The maximum atomic E-state index is 12.7. The van der Waals surface area contributed by atoms with Gasteiger partial charge < -0.3 is 5.53 Å². The lowest BCUT2D eigenvalue weighted by Crippen LogP contribution is -2.13. The molecule has 4 nitrogen and oxygen atoms in total. The number of Topliss-reactive ketones (excluding diaryl/α,β-unsaturated/α-hetero) is 1. The molecule has 0 aliphatic heterocycles. The van der Waals surface area contributed by atoms with Crippen molar-refractivity contribution >= 4 is 11.5 Å². The Hall–Kier alpha value is -2.31. The Balaban J connectivity index is 3.15. The molecule has 5 heteroatoms. The van der Waals surface area contributed by atoms with Gasteiger partial charge in [0.2, 0.25) is 0 Å². The van der Waals surface area contributed by atoms with Crippen LogP contribution in [0.15, 0.2) is 24.3 Å². The Morgan fingerprint density at radius 2 is 2.29 bits per heavy atom. The van der Waals surface area contributed by atoms with Crippen LogP contribution in [-0.4, -0.2) is 16.3 Å². The second-order valence-corrected chi connectivity index (χ2v) is 2.40. The SMILES string of the molecule is N#CC(=[N+]=[N-])C(=O)c1cccc(F)c1. The highest BCUT2D eigenvalue weighted by atomic mass is 19.1. The van der Waals surface area contributed by atoms with Gasteiger partial charge in [0, 0.05) is 5.56 Å². The lowest BCUT2D eigenvalue weighted by atomic mass is 10.1. The second kappa shape index (κ2) is 4.08. The summed E-state index contributed by atoms with van der Waals surface area (Å²) in [6.45, 7) is 0. The molecule has 0 N–H and O–H groups in total. The molecule has 0 atom stereocenters. The summed E-state index contributed by atoms with van der Waals surface area (Å²) < 4.78 is 12.7. The first-order valence-electron chi connectivity index (χ1n) is 3.61. The molecule has 1 aromatic carbocycles. The van der Waals surface area contributed by atoms with Gasteiger partial charge in [-0.05, 0) is 12.1 Å². The first-order chi connectivity index (χ1) is 6.69. The summed E-state index contributed by atoms with van der Waals surface area (Å²) >= 11 is 0. The number of carbonyl (C=O) groups is 1. The fraction of sp³-hybridized carbons (Fsp3) is 0. The van der Waals surface area contributed by atoms with E-state index in [4.69, 9.17) is 10.8 Å². The predicted octanol–water partition coefficient (Wildman–Crippen LogP) is 1.20. The zero-order valence-corrected chi connectivity index (χ0v) is 6.94. The van der Waals surface area contributed by atoms with Gasteiger partial charge in [-0.15, -0.1) is 0 Å². The number of carbonyl (C=O) groups excluding carboxylic acids is 1. The highest BCUT2D eigenvalue weighted by molar-refractivity contribution is 6.49. The number of hydrogen-bond donors (Lipinski definition) is 0. The molecule has 0 aliphatic carbocycles. The summed E-state index contributed by atoms with van der Waals surface area (Å²) in [5.74, 6) is -1.40. The van der Waals surface area contributed by atoms with E-state index >= 15 is 0 Å². The average Bonchev–Trinajstić information content (AvgIpc) is 2.19. The molecule has 1 rings (SSSR count). The van der Waals surface area contributed by atoms with Gasteiger partial charge in [0.05, 0.1) is 0 Å². The Labute approximate surface area is 78.8 Å². The largest absolute Gasteiger partial charge is 0.438 e. The average molecular weight is 189 g/mol. The number of halogens is 1. The normalized spacial score (nSPS) is 8.57. The minimum absolute atomic E-state index is 0.0284. The molecule has 0 aromatic heterocycles. The number of ketones is 1. The quantitative estimate of drug-likeness (QED) is 0.303. The van der Waals surface area contributed by atoms with Gasteiger partial charge in [-0.25, -0.2) is 4.39 Å². The van der Waals surface area contributed by atoms with Crippen molar-refractivity contribution in [3.63, 3.8) is 0 Å². The van der Waals surface area contributed by atoms with Crippen LogP contribution < -0.4 is 0 Å². The Morgan fingerprint density at radius 1 is 1.57 bits per heavy atom. The first kappa shape index (κ1) is 9.78. The second-order valence-electron chi connectivity index (χ2n) is 2.40. The van der Waals surface area contributed by atoms with Crippen LogP contribution in [-0.2, 0) is 0 Å². The number of nitriles is 1. The van der Waals surface area contributed by atoms with Crippen molar-refractivity contribution in [2.75, 3.05) is 0 Å². The highest BCUT2D eigenvalue weighted by Gasteiger charge is 2.21. The molecule has 0 heterocycles. The summed E-state index contributed by atoms with van der Waals surface area (Å²) in [5, 5.41) is 8.37. The minimum atomic E-state index is -0.811. The van der Waals surface area contributed by atoms with Crippen molar-refractivity contribution in [1.29, 1.82) is 5.26 Å². The molecule has 0 saturated heterocycles. The molecule has 0 saturated carbocycles. The third-order valence-electron chi connectivity index (χ3n) is 1.51. The van der Waals surface area contributed by atoms with E-state index in [0.29, 0.717) is 0 Å². The van der Waals surface area contributed by atoms with Gasteiger partial charge in [-0.3, -0.25) is 4.79 Å². The van der Waals surface area contributed by atoms with Gasteiger partial charge in [0.25, 0.3) is 5.78 Å². The summed E-state index contributed by atoms with van der Waals surface area (Å²) in [5.41, 5.74) is 7.58. The van der Waals surface area contributed by atoms with E-state index < -0.39 is 17.3 Å². The Kier molecular flexibility index (Phi) is 2.85. The van der Waals surface area contributed by atoms with Crippen LogP contribution in [0.4, 0.5) is 4.39 Å². The number of nitrogens with zero attached hydrogens (tertiary/aromatic N) is 3. The summed E-state index contributed by atoms with van der Waals surface area (Å²) in [4.78, 5) is 13.8. The molecule has 1 aromatic rings. The zero-order chi connectivity index (χ0) is 10.6. The molecule has 14 heavy (non-hydrogen) atoms. The Morgan fingerprint density at radius 3 is 2.79 bits per heavy atom. The third-order valence-corrected chi connectivity index (χ3v) is 1.51. The van der Waals surface area contributed by atoms with Crippen LogP contribution in [0, 0.1) is 17.1 Å². The predicted molar refractivity (Wildman–Crippen MR) is 45.0 cm³/mol. The van der Waals surface area contributed by atoms with E-state index in [1.807, 2.05) is 0 Å². The van der Waals surface area contributed by atoms with Crippen LogP contribution in [0.1, 0.15) is 10.4 Å². The van der Waals surface area contributed by atoms with Gasteiger partial charge in [0.15, 0.2) is 6.07 Å². The van der Waals surface area contributed by atoms with E-state index in [9.17, 15) is 9.18 Å². The van der Waals surface area contributed by atoms with Crippen molar-refractivity contribution in [2.24, 2.45) is 0 Å². The molecule has 0 amide bonds. The number of hydrogen-bond acceptors (Lipinski definition) is 2. The Bertz CT molecular complexity index is 469. The standard InChI is InChI=1S/C9H4FN3O/c10-7-3-1-2-6(4-7)9(14)8(5-11)13-12/h1-4H. The smallest absolute Gasteiger partial charge is 0.360 e. The maximum Gasteiger partial charge on any atom is 0.438 e. The van der Waals surface area contributed by atoms with E-state index in [0.717, 1.165) is 6.07 Å². The van der Waals surface area contributed by atoms with Crippen molar-refractivity contribution < 1.29 is 14.0 Å². The van der Waals surface area contributed by atoms with Crippen LogP contribution >= 0.6 is 0 Å². The first-order valence-corrected chi connectivity index (χ1v) is 3.61. The summed E-state index contributed by atoms with van der Waals surface area (Å²) in [6.07, 6.45) is 0. The fourth-order valence-corrected chi connectivity index (χ4v) is 0.885. The minimum Gasteiger partial charge on any atom is -0.360 e. The van der Waals surface area contributed by atoms with E-state index in [1.54, 1.807) is 0 Å². The molecule has 68 valence electrons. The third kappa shape index (κ3) is 1.89. The topological polar surface area (TPSA) is 77.3 Å². The molecule has 0 aliphatic rings. The maximum absolute atomic E-state index is 12.7. The molecule has 0 bridgehead atoms. The van der Waals surface area contributed by atoms with E-state index in [1.165, 1.54) is 24.3 Å². The van der Waals surface area contributed by atoms with Crippen LogP contribution in [0.3, 0.4) is 0 Å². The summed E-state index contributed by atoms with van der Waals surface area (Å²) in [7, 11) is 0. The molecule has 0 fully saturated rings. The van der Waals surface area contributed by atoms with Crippen LogP contribution in [0.5, 0.6) is 0 Å². The van der Waals surface area contributed by atoms with Crippen LogP contribution in [0.2, 0.25) is 0 Å². The van der Waals surface area contributed by atoms with Crippen molar-refractivity contribution in [1.82, 2.24) is 0 Å². The lowest BCUT2D eigenvalue weighted by Gasteiger charge is -1.92. The van der Waals surface area contributed by atoms with E-state index in [2.05, 4.69) is 4.79 Å². The van der Waals surface area contributed by atoms with Gasteiger partial charge >= 0.3 is 5.71 Å². The molecule has 0 radical (unpaired) electrons. The lowest BCUT2D eigenvalue weighted by molar-refractivity contribution is -0.00369. The fourth-order valence-electron chi connectivity index (χ4n) is 0.885. The molecular weight excluding hydrogens is 185 g/mol. The number of rotatable bonds is 2. The highest BCUT2D eigenvalue weighted by Crippen LogP contribution is 2.04. The van der Waals surface area contributed by atoms with Crippen molar-refractivity contribution in [2.45, 2.75) is 0 Å². The van der Waals surface area contributed by atoms with Crippen LogP contribution in [0.25, 0.3) is 5.53 Å². The van der Waals surface area contributed by atoms with Crippen molar-refractivity contribution in [3.8, 4) is 6.07 Å².